The van der Waals surface area contributed by atoms with Crippen molar-refractivity contribution in [2.75, 3.05) is 34.3 Å². The first-order valence-corrected chi connectivity index (χ1v) is 5.54. The number of aromatic nitrogens is 1. The van der Waals surface area contributed by atoms with Crippen LogP contribution in [0.25, 0.3) is 0 Å². The molecule has 0 aliphatic heterocycles. The first-order chi connectivity index (χ1) is 7.72. The summed E-state index contributed by atoms with van der Waals surface area (Å²) in [5, 5.41) is 6.92. The van der Waals surface area contributed by atoms with Gasteiger partial charge in [-0.2, -0.15) is 0 Å². The van der Waals surface area contributed by atoms with Gasteiger partial charge in [-0.1, -0.05) is 5.16 Å². The summed E-state index contributed by atoms with van der Waals surface area (Å²) in [6.07, 6.45) is 1.03. The van der Waals surface area contributed by atoms with Crippen LogP contribution in [0.2, 0.25) is 0 Å². The van der Waals surface area contributed by atoms with E-state index in [4.69, 9.17) is 9.26 Å². The molecule has 0 aliphatic carbocycles. The maximum Gasteiger partial charge on any atom is 0.162 e. The van der Waals surface area contributed by atoms with Gasteiger partial charge >= 0.3 is 0 Å². The van der Waals surface area contributed by atoms with E-state index in [0.717, 1.165) is 37.6 Å². The van der Waals surface area contributed by atoms with Crippen LogP contribution in [0.3, 0.4) is 0 Å². The van der Waals surface area contributed by atoms with Gasteiger partial charge in [0.05, 0.1) is 5.69 Å². The van der Waals surface area contributed by atoms with Crippen molar-refractivity contribution in [1.82, 2.24) is 15.4 Å². The van der Waals surface area contributed by atoms with Gasteiger partial charge in [-0.15, -0.1) is 0 Å². The average Bonchev–Trinajstić information content (AvgIpc) is 2.65. The number of hydrogen-bond donors (Lipinski definition) is 1. The molecule has 0 fully saturated rings. The zero-order chi connectivity index (χ0) is 11.8. The molecule has 16 heavy (non-hydrogen) atoms. The lowest BCUT2D eigenvalue weighted by atomic mass is 10.3. The second-order valence-electron chi connectivity index (χ2n) is 4.02. The highest BCUT2D eigenvalue weighted by molar-refractivity contribution is 5.03. The lowest BCUT2D eigenvalue weighted by Crippen LogP contribution is -2.14. The Balaban J connectivity index is 2.12. The number of nitrogens with one attached hydrogen (secondary N) is 1. The van der Waals surface area contributed by atoms with E-state index in [9.17, 15) is 0 Å². The van der Waals surface area contributed by atoms with Crippen LogP contribution in [-0.2, 0) is 17.9 Å². The largest absolute Gasteiger partial charge is 0.373 e. The van der Waals surface area contributed by atoms with Crippen LogP contribution in [0.4, 0.5) is 0 Å². The van der Waals surface area contributed by atoms with E-state index >= 15 is 0 Å². The molecule has 1 rings (SSSR count). The molecular weight excluding hydrogens is 206 g/mol. The highest BCUT2D eigenvalue weighted by Gasteiger charge is 2.03. The summed E-state index contributed by atoms with van der Waals surface area (Å²) in [7, 11) is 5.99. The van der Waals surface area contributed by atoms with E-state index < -0.39 is 0 Å². The Bertz CT molecular complexity index is 287. The predicted octanol–water partition coefficient (Wildman–Crippen LogP) is 0.862. The Hall–Kier alpha value is -0.910. The fraction of sp³-hybridized carbons (Fsp3) is 0.727. The number of rotatable bonds is 8. The molecule has 5 heteroatoms. The van der Waals surface area contributed by atoms with Gasteiger partial charge in [0.1, 0.15) is 6.61 Å². The molecule has 1 N–H and O–H groups in total. The van der Waals surface area contributed by atoms with E-state index in [1.54, 1.807) is 0 Å². The van der Waals surface area contributed by atoms with Gasteiger partial charge in [-0.05, 0) is 34.1 Å². The van der Waals surface area contributed by atoms with Gasteiger partial charge in [-0.3, -0.25) is 0 Å². The second kappa shape index (κ2) is 7.38. The van der Waals surface area contributed by atoms with Crippen molar-refractivity contribution in [3.63, 3.8) is 0 Å². The summed E-state index contributed by atoms with van der Waals surface area (Å²) in [6, 6.07) is 1.92. The molecule has 0 bridgehead atoms. The van der Waals surface area contributed by atoms with E-state index in [2.05, 4.69) is 29.5 Å². The van der Waals surface area contributed by atoms with Crippen LogP contribution in [0, 0.1) is 0 Å². The quantitative estimate of drug-likeness (QED) is 0.668. The SMILES string of the molecule is CNCc1cc(COCCCN(C)C)on1. The van der Waals surface area contributed by atoms with Crippen molar-refractivity contribution in [3.05, 3.63) is 17.5 Å². The van der Waals surface area contributed by atoms with Crippen LogP contribution < -0.4 is 5.32 Å². The fourth-order valence-electron chi connectivity index (χ4n) is 1.34. The summed E-state index contributed by atoms with van der Waals surface area (Å²) in [5.74, 6) is 0.787. The Labute approximate surface area is 96.7 Å². The predicted molar refractivity (Wildman–Crippen MR) is 62.1 cm³/mol. The molecular formula is C11H21N3O2. The van der Waals surface area contributed by atoms with Crippen molar-refractivity contribution >= 4 is 0 Å². The maximum atomic E-state index is 5.48. The summed E-state index contributed by atoms with van der Waals surface area (Å²) in [5.41, 5.74) is 0.911. The van der Waals surface area contributed by atoms with E-state index in [1.807, 2.05) is 13.1 Å². The van der Waals surface area contributed by atoms with Crippen LogP contribution >= 0.6 is 0 Å². The standard InChI is InChI=1S/C11H21N3O2/c1-12-8-10-7-11(16-13-10)9-15-6-4-5-14(2)3/h7,12H,4-6,8-9H2,1-3H3. The molecule has 92 valence electrons. The van der Waals surface area contributed by atoms with Crippen molar-refractivity contribution in [3.8, 4) is 0 Å². The van der Waals surface area contributed by atoms with Gasteiger partial charge in [0, 0.05) is 19.2 Å². The monoisotopic (exact) mass is 227 g/mol. The summed E-state index contributed by atoms with van der Waals surface area (Å²) < 4.78 is 10.6. The molecule has 1 heterocycles. The van der Waals surface area contributed by atoms with Gasteiger partial charge in [0.25, 0.3) is 0 Å². The molecule has 0 unspecified atom stereocenters. The third-order valence-electron chi connectivity index (χ3n) is 2.10. The zero-order valence-electron chi connectivity index (χ0n) is 10.3. The molecule has 0 atom stereocenters. The highest BCUT2D eigenvalue weighted by atomic mass is 16.5. The third-order valence-corrected chi connectivity index (χ3v) is 2.10. The van der Waals surface area contributed by atoms with Crippen LogP contribution in [0.15, 0.2) is 10.6 Å². The van der Waals surface area contributed by atoms with Crippen molar-refractivity contribution in [2.45, 2.75) is 19.6 Å². The summed E-state index contributed by atoms with van der Waals surface area (Å²) in [4.78, 5) is 2.14. The maximum absolute atomic E-state index is 5.48. The van der Waals surface area contributed by atoms with E-state index in [0.29, 0.717) is 6.61 Å². The lowest BCUT2D eigenvalue weighted by molar-refractivity contribution is 0.0948. The molecule has 0 saturated heterocycles. The molecule has 0 amide bonds. The van der Waals surface area contributed by atoms with Crippen molar-refractivity contribution in [2.24, 2.45) is 0 Å². The van der Waals surface area contributed by atoms with Crippen molar-refractivity contribution in [1.29, 1.82) is 0 Å². The van der Waals surface area contributed by atoms with Crippen LogP contribution in [0.5, 0.6) is 0 Å². The summed E-state index contributed by atoms with van der Waals surface area (Å²) >= 11 is 0. The highest BCUT2D eigenvalue weighted by Crippen LogP contribution is 2.05. The van der Waals surface area contributed by atoms with Crippen molar-refractivity contribution < 1.29 is 9.26 Å². The topological polar surface area (TPSA) is 50.5 Å². The minimum atomic E-state index is 0.504. The van der Waals surface area contributed by atoms with E-state index in [1.165, 1.54) is 0 Å². The van der Waals surface area contributed by atoms with E-state index in [-0.39, 0.29) is 0 Å². The molecule has 0 radical (unpaired) electrons. The fourth-order valence-corrected chi connectivity index (χ4v) is 1.34. The van der Waals surface area contributed by atoms with Gasteiger partial charge < -0.3 is 19.5 Å². The minimum Gasteiger partial charge on any atom is -0.373 e. The first-order valence-electron chi connectivity index (χ1n) is 5.54. The molecule has 0 saturated carbocycles. The average molecular weight is 227 g/mol. The number of hydrogen-bond acceptors (Lipinski definition) is 5. The Morgan fingerprint density at radius 3 is 3.00 bits per heavy atom. The molecule has 5 nitrogen and oxygen atoms in total. The van der Waals surface area contributed by atoms with Gasteiger partial charge in [0.15, 0.2) is 5.76 Å². The number of ether oxygens (including phenoxy) is 1. The minimum absolute atomic E-state index is 0.504. The van der Waals surface area contributed by atoms with Crippen LogP contribution in [0.1, 0.15) is 17.9 Å². The normalized spacial score (nSPS) is 11.2. The lowest BCUT2D eigenvalue weighted by Gasteiger charge is -2.08. The van der Waals surface area contributed by atoms with Gasteiger partial charge in [-0.25, -0.2) is 0 Å². The Kier molecular flexibility index (Phi) is 6.07. The Morgan fingerprint density at radius 1 is 1.50 bits per heavy atom. The zero-order valence-corrected chi connectivity index (χ0v) is 10.3. The molecule has 0 spiro atoms. The molecule has 0 aromatic carbocycles. The summed E-state index contributed by atoms with van der Waals surface area (Å²) in [6.45, 7) is 3.02. The number of nitrogens with zero attached hydrogens (tertiary/aromatic N) is 2. The molecule has 1 aromatic rings. The molecule has 1 aromatic heterocycles. The Morgan fingerprint density at radius 2 is 2.31 bits per heavy atom. The smallest absolute Gasteiger partial charge is 0.162 e. The van der Waals surface area contributed by atoms with Crippen LogP contribution in [-0.4, -0.2) is 44.4 Å². The third kappa shape index (κ3) is 5.25. The first kappa shape index (κ1) is 13.2. The van der Waals surface area contributed by atoms with Gasteiger partial charge in [0.2, 0.25) is 0 Å². The molecule has 0 aliphatic rings. The second-order valence-corrected chi connectivity index (χ2v) is 4.02.